The first-order valence-electron chi connectivity index (χ1n) is 6.42. The molecule has 1 aromatic carbocycles. The van der Waals surface area contributed by atoms with E-state index < -0.39 is 9.84 Å². The molecule has 2 rings (SSSR count). The van der Waals surface area contributed by atoms with E-state index in [9.17, 15) is 13.2 Å². The van der Waals surface area contributed by atoms with Gasteiger partial charge in [-0.3, -0.25) is 4.79 Å². The number of carbonyl (C=O) groups is 1. The summed E-state index contributed by atoms with van der Waals surface area (Å²) in [6, 6.07) is 4.41. The van der Waals surface area contributed by atoms with Crippen LogP contribution in [0.5, 0.6) is 0 Å². The zero-order valence-electron chi connectivity index (χ0n) is 11.6. The number of nitrogens with two attached hydrogens (primary N) is 1. The number of hydrogen-bond donors (Lipinski definition) is 2. The third kappa shape index (κ3) is 2.72. The highest BCUT2D eigenvalue weighted by Crippen LogP contribution is 2.32. The van der Waals surface area contributed by atoms with Crippen molar-refractivity contribution >= 4 is 27.1 Å². The lowest BCUT2D eigenvalue weighted by molar-refractivity contribution is -0.121. The molecule has 0 saturated carbocycles. The zero-order valence-corrected chi connectivity index (χ0v) is 12.4. The SMILES string of the molecule is CNC(=O)C1CCCN1c1ccc(S(C)(=O)=O)cc1N. The second-order valence-corrected chi connectivity index (χ2v) is 6.97. The Morgan fingerprint density at radius 2 is 2.15 bits per heavy atom. The van der Waals surface area contributed by atoms with E-state index in [-0.39, 0.29) is 16.8 Å². The molecule has 7 heteroatoms. The van der Waals surface area contributed by atoms with Crippen molar-refractivity contribution in [1.29, 1.82) is 0 Å². The Bertz CT molecular complexity index is 628. The van der Waals surface area contributed by atoms with Gasteiger partial charge in [-0.05, 0) is 31.0 Å². The molecule has 1 heterocycles. The molecule has 6 nitrogen and oxygen atoms in total. The molecule has 0 bridgehead atoms. The number of rotatable bonds is 3. The number of sulfone groups is 1. The molecule has 1 amide bonds. The lowest BCUT2D eigenvalue weighted by Crippen LogP contribution is -2.42. The van der Waals surface area contributed by atoms with E-state index in [0.29, 0.717) is 11.4 Å². The van der Waals surface area contributed by atoms with E-state index in [2.05, 4.69) is 5.32 Å². The van der Waals surface area contributed by atoms with E-state index in [1.165, 1.54) is 12.1 Å². The molecule has 0 aliphatic carbocycles. The molecule has 1 saturated heterocycles. The predicted octanol–water partition coefficient (Wildman–Crippen LogP) is 0.387. The van der Waals surface area contributed by atoms with Crippen LogP contribution >= 0.6 is 0 Å². The Hall–Kier alpha value is -1.76. The molecule has 1 fully saturated rings. The second kappa shape index (κ2) is 5.32. The number of likely N-dealkylation sites (N-methyl/N-ethyl adjacent to an activating group) is 1. The van der Waals surface area contributed by atoms with Crippen molar-refractivity contribution < 1.29 is 13.2 Å². The molecular weight excluding hydrogens is 278 g/mol. The first-order chi connectivity index (χ1) is 9.34. The summed E-state index contributed by atoms with van der Waals surface area (Å²) >= 11 is 0. The highest BCUT2D eigenvalue weighted by molar-refractivity contribution is 7.90. The minimum Gasteiger partial charge on any atom is -0.397 e. The monoisotopic (exact) mass is 297 g/mol. The number of anilines is 2. The lowest BCUT2D eigenvalue weighted by Gasteiger charge is -2.26. The van der Waals surface area contributed by atoms with E-state index in [1.807, 2.05) is 4.90 Å². The van der Waals surface area contributed by atoms with Gasteiger partial charge in [0.2, 0.25) is 5.91 Å². The van der Waals surface area contributed by atoms with Gasteiger partial charge in [0.05, 0.1) is 16.3 Å². The molecule has 1 aliphatic rings. The third-order valence-electron chi connectivity index (χ3n) is 3.54. The number of amides is 1. The minimum absolute atomic E-state index is 0.0471. The van der Waals surface area contributed by atoms with Gasteiger partial charge in [-0.25, -0.2) is 8.42 Å². The summed E-state index contributed by atoms with van der Waals surface area (Å²) in [7, 11) is -1.67. The van der Waals surface area contributed by atoms with Crippen molar-refractivity contribution in [2.24, 2.45) is 0 Å². The van der Waals surface area contributed by atoms with Crippen molar-refractivity contribution in [3.8, 4) is 0 Å². The van der Waals surface area contributed by atoms with Crippen LogP contribution in [0.2, 0.25) is 0 Å². The van der Waals surface area contributed by atoms with Crippen molar-refractivity contribution in [2.75, 3.05) is 30.5 Å². The quantitative estimate of drug-likeness (QED) is 0.787. The number of nitrogens with one attached hydrogen (secondary N) is 1. The standard InChI is InChI=1S/C13H19N3O3S/c1-15-13(17)12-4-3-7-16(12)11-6-5-9(8-10(11)14)20(2,18)19/h5-6,8,12H,3-4,7,14H2,1-2H3,(H,15,17). The molecule has 1 aliphatic heterocycles. The molecule has 110 valence electrons. The van der Waals surface area contributed by atoms with Crippen molar-refractivity contribution in [3.63, 3.8) is 0 Å². The normalized spacial score (nSPS) is 19.1. The summed E-state index contributed by atoms with van der Waals surface area (Å²) in [4.78, 5) is 14.0. The second-order valence-electron chi connectivity index (χ2n) is 4.96. The summed E-state index contributed by atoms with van der Waals surface area (Å²) in [6.07, 6.45) is 2.82. The van der Waals surface area contributed by atoms with Crippen LogP contribution < -0.4 is 16.0 Å². The summed E-state index contributed by atoms with van der Waals surface area (Å²) < 4.78 is 23.0. The third-order valence-corrected chi connectivity index (χ3v) is 4.65. The average Bonchev–Trinajstić information content (AvgIpc) is 2.85. The van der Waals surface area contributed by atoms with Gasteiger partial charge in [0, 0.05) is 19.8 Å². The van der Waals surface area contributed by atoms with E-state index >= 15 is 0 Å². The van der Waals surface area contributed by atoms with Crippen LogP contribution in [0.3, 0.4) is 0 Å². The molecule has 20 heavy (non-hydrogen) atoms. The van der Waals surface area contributed by atoms with Gasteiger partial charge < -0.3 is 16.0 Å². The fourth-order valence-electron chi connectivity index (χ4n) is 2.52. The predicted molar refractivity (Wildman–Crippen MR) is 78.4 cm³/mol. The van der Waals surface area contributed by atoms with Gasteiger partial charge in [-0.2, -0.15) is 0 Å². The Morgan fingerprint density at radius 3 is 2.70 bits per heavy atom. The van der Waals surface area contributed by atoms with Gasteiger partial charge in [-0.15, -0.1) is 0 Å². The van der Waals surface area contributed by atoms with Crippen LogP contribution in [0, 0.1) is 0 Å². The van der Waals surface area contributed by atoms with Gasteiger partial charge in [0.15, 0.2) is 9.84 Å². The Kier molecular flexibility index (Phi) is 3.89. The Labute approximate surface area is 118 Å². The summed E-state index contributed by atoms with van der Waals surface area (Å²) in [5, 5.41) is 2.64. The van der Waals surface area contributed by atoms with E-state index in [1.54, 1.807) is 13.1 Å². The minimum atomic E-state index is -3.28. The number of carbonyl (C=O) groups excluding carboxylic acids is 1. The van der Waals surface area contributed by atoms with Crippen molar-refractivity contribution in [2.45, 2.75) is 23.8 Å². The fourth-order valence-corrected chi connectivity index (χ4v) is 3.18. The summed E-state index contributed by atoms with van der Waals surface area (Å²) in [6.45, 7) is 0.737. The highest BCUT2D eigenvalue weighted by Gasteiger charge is 2.31. The first kappa shape index (κ1) is 14.6. The van der Waals surface area contributed by atoms with Crippen LogP contribution in [-0.2, 0) is 14.6 Å². The van der Waals surface area contributed by atoms with Crippen LogP contribution in [0.4, 0.5) is 11.4 Å². The molecule has 0 spiro atoms. The zero-order chi connectivity index (χ0) is 14.9. The molecular formula is C13H19N3O3S. The van der Waals surface area contributed by atoms with Gasteiger partial charge in [0.1, 0.15) is 6.04 Å². The smallest absolute Gasteiger partial charge is 0.242 e. The van der Waals surface area contributed by atoms with Crippen LogP contribution in [0.1, 0.15) is 12.8 Å². The number of nitrogens with zero attached hydrogens (tertiary/aromatic N) is 1. The van der Waals surface area contributed by atoms with Gasteiger partial charge in [0.25, 0.3) is 0 Å². The number of benzene rings is 1. The molecule has 3 N–H and O–H groups in total. The van der Waals surface area contributed by atoms with Crippen molar-refractivity contribution in [3.05, 3.63) is 18.2 Å². The molecule has 1 unspecified atom stereocenters. The Morgan fingerprint density at radius 1 is 1.45 bits per heavy atom. The van der Waals surface area contributed by atoms with Gasteiger partial charge >= 0.3 is 0 Å². The maximum absolute atomic E-state index is 11.8. The van der Waals surface area contributed by atoms with E-state index in [4.69, 9.17) is 5.73 Å². The first-order valence-corrected chi connectivity index (χ1v) is 8.31. The van der Waals surface area contributed by atoms with E-state index in [0.717, 1.165) is 25.6 Å². The average molecular weight is 297 g/mol. The van der Waals surface area contributed by atoms with Gasteiger partial charge in [-0.1, -0.05) is 0 Å². The summed E-state index contributed by atoms with van der Waals surface area (Å²) in [5.74, 6) is -0.0471. The summed E-state index contributed by atoms with van der Waals surface area (Å²) in [5.41, 5.74) is 7.05. The molecule has 1 aromatic rings. The molecule has 0 radical (unpaired) electrons. The number of hydrogen-bond acceptors (Lipinski definition) is 5. The van der Waals surface area contributed by atoms with Crippen LogP contribution in [0.25, 0.3) is 0 Å². The highest BCUT2D eigenvalue weighted by atomic mass is 32.2. The lowest BCUT2D eigenvalue weighted by atomic mass is 10.2. The fraction of sp³-hybridized carbons (Fsp3) is 0.462. The van der Waals surface area contributed by atoms with Crippen molar-refractivity contribution in [1.82, 2.24) is 5.32 Å². The van der Waals surface area contributed by atoms with Crippen LogP contribution in [0.15, 0.2) is 23.1 Å². The molecule has 1 atom stereocenters. The maximum atomic E-state index is 11.8. The molecule has 0 aromatic heterocycles. The topological polar surface area (TPSA) is 92.5 Å². The maximum Gasteiger partial charge on any atom is 0.242 e. The van der Waals surface area contributed by atoms with Crippen LogP contribution in [-0.4, -0.2) is 40.2 Å². The Balaban J connectivity index is 2.36. The number of nitrogen functional groups attached to an aromatic ring is 1. The largest absolute Gasteiger partial charge is 0.397 e.